The van der Waals surface area contributed by atoms with Gasteiger partial charge < -0.3 is 25.3 Å². The lowest BCUT2D eigenvalue weighted by Gasteiger charge is -2.30. The molecule has 0 aromatic rings. The van der Waals surface area contributed by atoms with Crippen molar-refractivity contribution in [3.05, 3.63) is 12.2 Å². The summed E-state index contributed by atoms with van der Waals surface area (Å²) in [7, 11) is 1.02. The van der Waals surface area contributed by atoms with Gasteiger partial charge in [-0.2, -0.15) is 0 Å². The molecule has 0 aliphatic carbocycles. The number of quaternary nitrogens is 1. The lowest BCUT2D eigenvalue weighted by atomic mass is 10.0. The zero-order valence-electron chi connectivity index (χ0n) is 26.9. The highest BCUT2D eigenvalue weighted by Gasteiger charge is 2.33. The van der Waals surface area contributed by atoms with Crippen molar-refractivity contribution in [3.8, 4) is 0 Å². The van der Waals surface area contributed by atoms with E-state index in [1.165, 1.54) is 96.3 Å². The number of carbonyl (C=O) groups excluding carboxylic acids is 1. The monoisotopic (exact) mass is 606 g/mol. The van der Waals surface area contributed by atoms with E-state index < -0.39 is 26.2 Å². The van der Waals surface area contributed by atoms with Gasteiger partial charge in [0.2, 0.25) is 0 Å². The highest BCUT2D eigenvalue weighted by Crippen LogP contribution is 2.25. The Morgan fingerprint density at radius 2 is 1.22 bits per heavy atom. The number of nitrogens with zero attached hydrogens (tertiary/aromatic N) is 1. The summed E-state index contributed by atoms with van der Waals surface area (Å²) >= 11 is 0. The van der Waals surface area contributed by atoms with Gasteiger partial charge in [-0.05, 0) is 32.1 Å². The Morgan fingerprint density at radius 3 is 1.63 bits per heavy atom. The number of aliphatic hydroxyl groups excluding tert-OH is 3. The van der Waals surface area contributed by atoms with Crippen LogP contribution >= 0.6 is 8.03 Å². The summed E-state index contributed by atoms with van der Waals surface area (Å²) in [4.78, 5) is 22.2. The van der Waals surface area contributed by atoms with Gasteiger partial charge in [-0.25, -0.2) is 0 Å². The first-order chi connectivity index (χ1) is 19.5. The van der Waals surface area contributed by atoms with Crippen molar-refractivity contribution in [2.75, 3.05) is 27.2 Å². The highest BCUT2D eigenvalue weighted by atomic mass is 31.1. The number of aliphatic hydroxyl groups is 4. The van der Waals surface area contributed by atoms with E-state index in [4.69, 9.17) is 15.3 Å². The number of ketones is 1. The number of carbonyl (C=O) groups is 1. The van der Waals surface area contributed by atoms with Crippen molar-refractivity contribution >= 4 is 13.8 Å². The van der Waals surface area contributed by atoms with E-state index in [1.807, 2.05) is 0 Å². The van der Waals surface area contributed by atoms with Gasteiger partial charge in [0.1, 0.15) is 6.10 Å². The Labute approximate surface area is 252 Å². The van der Waals surface area contributed by atoms with Crippen molar-refractivity contribution in [1.82, 2.24) is 0 Å². The molecule has 0 heterocycles. The zero-order chi connectivity index (χ0) is 31.4. The summed E-state index contributed by atoms with van der Waals surface area (Å²) < 4.78 is 10.9. The molecule has 0 aliphatic rings. The third-order valence-corrected chi connectivity index (χ3v) is 8.97. The number of rotatable bonds is 27. The van der Waals surface area contributed by atoms with Gasteiger partial charge in [-0.3, -0.25) is 9.28 Å². The number of Topliss-reactive ketones (excluding diaryl/α,β-unsaturated/α-hetero) is 1. The highest BCUT2D eigenvalue weighted by molar-refractivity contribution is 7.37. The molecule has 8 nitrogen and oxygen atoms in total. The molecule has 9 heteroatoms. The minimum absolute atomic E-state index is 0.116. The second-order valence-electron chi connectivity index (χ2n) is 11.9. The fraction of sp³-hybridized carbons (Fsp3) is 0.906. The van der Waals surface area contributed by atoms with Crippen LogP contribution in [0.2, 0.25) is 0 Å². The fourth-order valence-electron chi connectivity index (χ4n) is 4.42. The normalized spacial score (nSPS) is 13.8. The maximum Gasteiger partial charge on any atom is 0.372 e. The standard InChI is InChI=1S/C25H48O3.C7H17NO4P/c1-2-3-4-5-6-7-8-9-10-11-12-13-14-15-16-17-18-19-20-21-24(27)25(28)22-23-26;1-6(13(11)12)8(2,3)5-4-7(9)10/h9-10,25-26,28H,2-8,11-23H2,1H3;6-7,9-10H,4-5H2,1-3H3/q;+1/b10-9-;. The topological polar surface area (TPSA) is 138 Å². The van der Waals surface area contributed by atoms with Crippen LogP contribution in [-0.2, 0) is 9.36 Å². The molecule has 0 saturated heterocycles. The first kappa shape index (κ1) is 42.4. The fourth-order valence-corrected chi connectivity index (χ4v) is 5.04. The second-order valence-corrected chi connectivity index (χ2v) is 13.2. The number of allylic oxidation sites excluding steroid dienone is 2. The van der Waals surface area contributed by atoms with Gasteiger partial charge in [-0.15, -0.1) is 0 Å². The molecule has 0 fully saturated rings. The predicted molar refractivity (Wildman–Crippen MR) is 168 cm³/mol. The molecule has 0 aromatic carbocycles. The maximum absolute atomic E-state index is 11.5. The molecule has 0 bridgehead atoms. The van der Waals surface area contributed by atoms with Crippen LogP contribution in [0.25, 0.3) is 0 Å². The smallest absolute Gasteiger partial charge is 0.372 e. The van der Waals surface area contributed by atoms with Crippen LogP contribution in [0.4, 0.5) is 0 Å². The molecule has 0 aliphatic heterocycles. The summed E-state index contributed by atoms with van der Waals surface area (Å²) in [5.41, 5.74) is 0. The van der Waals surface area contributed by atoms with Crippen LogP contribution in [0.15, 0.2) is 12.2 Å². The lowest BCUT2D eigenvalue weighted by molar-refractivity contribution is -0.901. The molecule has 0 aromatic heterocycles. The van der Waals surface area contributed by atoms with Gasteiger partial charge >= 0.3 is 8.03 Å². The van der Waals surface area contributed by atoms with Crippen LogP contribution in [0.5, 0.6) is 0 Å². The van der Waals surface area contributed by atoms with Gasteiger partial charge in [0.25, 0.3) is 5.78 Å². The van der Waals surface area contributed by atoms with E-state index in [1.54, 1.807) is 21.0 Å². The third kappa shape index (κ3) is 29.1. The summed E-state index contributed by atoms with van der Waals surface area (Å²) in [6.45, 7) is 4.17. The molecule has 4 N–H and O–H groups in total. The number of unbranched alkanes of at least 4 members (excludes halogenated alkanes) is 15. The molecule has 41 heavy (non-hydrogen) atoms. The molecular formula is C32H65NO7P+. The Kier molecular flexibility index (Phi) is 30.4. The lowest BCUT2D eigenvalue weighted by Crippen LogP contribution is -2.48. The number of hydrogen-bond acceptors (Lipinski definition) is 7. The van der Waals surface area contributed by atoms with Crippen LogP contribution in [-0.4, -0.2) is 76.1 Å². The Morgan fingerprint density at radius 1 is 0.780 bits per heavy atom. The van der Waals surface area contributed by atoms with Crippen molar-refractivity contribution in [2.24, 2.45) is 0 Å². The first-order valence-electron chi connectivity index (χ1n) is 16.3. The van der Waals surface area contributed by atoms with Crippen molar-refractivity contribution in [3.63, 3.8) is 0 Å². The van der Waals surface area contributed by atoms with Gasteiger partial charge in [0.15, 0.2) is 12.1 Å². The largest absolute Gasteiger partial charge is 0.591 e. The SMILES string of the molecule is CC([P+](=O)[O-])[N+](C)(C)CCC(O)O.CCCCCCCC/C=C\CCCCCCCCCCCC(=O)C(O)CCO. The molecule has 244 valence electrons. The Bertz CT molecular complexity index is 644. The molecule has 0 rings (SSSR count). The van der Waals surface area contributed by atoms with Crippen LogP contribution in [0.3, 0.4) is 0 Å². The van der Waals surface area contributed by atoms with E-state index in [9.17, 15) is 19.4 Å². The average Bonchev–Trinajstić information content (AvgIpc) is 2.93. The van der Waals surface area contributed by atoms with Crippen LogP contribution in [0.1, 0.15) is 142 Å². The van der Waals surface area contributed by atoms with Crippen molar-refractivity contribution in [1.29, 1.82) is 0 Å². The minimum Gasteiger partial charge on any atom is -0.591 e. The van der Waals surface area contributed by atoms with Gasteiger partial charge in [0.05, 0.1) is 20.6 Å². The van der Waals surface area contributed by atoms with Crippen molar-refractivity contribution < 1.29 is 39.2 Å². The summed E-state index contributed by atoms with van der Waals surface area (Å²) in [6, 6.07) is 0. The molecule has 0 radical (unpaired) electrons. The Hall–Kier alpha value is -0.730. The van der Waals surface area contributed by atoms with E-state index >= 15 is 0 Å². The summed E-state index contributed by atoms with van der Waals surface area (Å²) in [5, 5.41) is 35.4. The maximum atomic E-state index is 11.5. The summed E-state index contributed by atoms with van der Waals surface area (Å²) in [5.74, 6) is -0.621. The van der Waals surface area contributed by atoms with Crippen LogP contribution < -0.4 is 4.89 Å². The summed E-state index contributed by atoms with van der Waals surface area (Å²) in [6.07, 6.45) is 25.1. The zero-order valence-corrected chi connectivity index (χ0v) is 27.7. The predicted octanol–water partition coefficient (Wildman–Crippen LogP) is 6.11. The van der Waals surface area contributed by atoms with Gasteiger partial charge in [0, 0.05) is 32.8 Å². The second kappa shape index (κ2) is 29.3. The Balaban J connectivity index is 0. The third-order valence-electron chi connectivity index (χ3n) is 7.74. The van der Waals surface area contributed by atoms with E-state index in [-0.39, 0.29) is 29.7 Å². The molecule has 0 spiro atoms. The van der Waals surface area contributed by atoms with Gasteiger partial charge in [-0.1, -0.05) is 101 Å². The molecule has 3 atom stereocenters. The quantitative estimate of drug-likeness (QED) is 0.0291. The average molecular weight is 607 g/mol. The number of hydrogen-bond donors (Lipinski definition) is 4. The van der Waals surface area contributed by atoms with E-state index in [0.717, 1.165) is 12.8 Å². The first-order valence-corrected chi connectivity index (χ1v) is 17.5. The molecule has 0 saturated carbocycles. The molecule has 3 unspecified atom stereocenters. The van der Waals surface area contributed by atoms with Crippen LogP contribution in [0, 0.1) is 0 Å². The minimum atomic E-state index is -2.47. The molecule has 0 amide bonds. The van der Waals surface area contributed by atoms with E-state index in [0.29, 0.717) is 13.0 Å². The molecular weight excluding hydrogens is 541 g/mol. The van der Waals surface area contributed by atoms with E-state index in [2.05, 4.69) is 19.1 Å². The van der Waals surface area contributed by atoms with Crippen molar-refractivity contribution in [2.45, 2.75) is 160 Å².